The third-order valence-corrected chi connectivity index (χ3v) is 11.9. The summed E-state index contributed by atoms with van der Waals surface area (Å²) >= 11 is 0. The highest BCUT2D eigenvalue weighted by Crippen LogP contribution is 2.55. The molecule has 5 heteroatoms. The Labute approximate surface area is 329 Å². The molecule has 9 aromatic carbocycles. The molecule has 0 saturated heterocycles. The van der Waals surface area contributed by atoms with Crippen molar-refractivity contribution < 1.29 is 8.78 Å². The summed E-state index contributed by atoms with van der Waals surface area (Å²) in [6.07, 6.45) is 0. The van der Waals surface area contributed by atoms with Gasteiger partial charge in [-0.25, -0.2) is 13.8 Å². The number of hydrogen-bond donors (Lipinski definition) is 0. The highest BCUT2D eigenvalue weighted by Gasteiger charge is 2.38. The van der Waals surface area contributed by atoms with Gasteiger partial charge in [-0.05, 0) is 92.8 Å². The molecular weight excluding hydrogens is 705 g/mol. The van der Waals surface area contributed by atoms with Gasteiger partial charge in [0.15, 0.2) is 11.6 Å². The standard InChI is InChI=1S/C52H35F2N3/c1-52(2)39-17-8-7-16-36(39)50-40(52)18-12-22-47(50)57(46-21-11-9-19-41(46)53)45-30-26-33-23-27-37-44(29-25-32-24-28-38(45)49(33)48(32)37)56(35-14-4-3-5-15-35)51-42(54)31-34-13-6-10-20-43(34)55-51/h3-31H,1-2H3. The summed E-state index contributed by atoms with van der Waals surface area (Å²) in [4.78, 5) is 8.94. The zero-order chi connectivity index (χ0) is 38.4. The van der Waals surface area contributed by atoms with Crippen LogP contribution in [0.15, 0.2) is 176 Å². The summed E-state index contributed by atoms with van der Waals surface area (Å²) in [6.45, 7) is 4.53. The number of halogens is 2. The van der Waals surface area contributed by atoms with E-state index in [1.165, 1.54) is 17.2 Å². The van der Waals surface area contributed by atoms with Crippen LogP contribution < -0.4 is 9.80 Å². The lowest BCUT2D eigenvalue weighted by molar-refractivity contribution is 0.625. The zero-order valence-electron chi connectivity index (χ0n) is 31.3. The van der Waals surface area contributed by atoms with Crippen molar-refractivity contribution in [2.45, 2.75) is 19.3 Å². The Morgan fingerprint density at radius 3 is 1.81 bits per heavy atom. The van der Waals surface area contributed by atoms with Crippen molar-refractivity contribution >= 4 is 77.5 Å². The number of rotatable bonds is 6. The topological polar surface area (TPSA) is 19.4 Å². The first-order valence-electron chi connectivity index (χ1n) is 19.3. The number of aromatic nitrogens is 1. The lowest BCUT2D eigenvalue weighted by atomic mass is 9.82. The highest BCUT2D eigenvalue weighted by atomic mass is 19.1. The maximum Gasteiger partial charge on any atom is 0.174 e. The Morgan fingerprint density at radius 1 is 0.456 bits per heavy atom. The number of pyridine rings is 1. The lowest BCUT2D eigenvalue weighted by Gasteiger charge is -2.31. The van der Waals surface area contributed by atoms with Crippen molar-refractivity contribution in [2.24, 2.45) is 0 Å². The predicted molar refractivity (Wildman–Crippen MR) is 232 cm³/mol. The predicted octanol–water partition coefficient (Wildman–Crippen LogP) is 14.7. The second kappa shape index (κ2) is 12.5. The van der Waals surface area contributed by atoms with Crippen LogP contribution in [-0.4, -0.2) is 4.98 Å². The number of fused-ring (bicyclic) bond motifs is 4. The first kappa shape index (κ1) is 33.2. The first-order chi connectivity index (χ1) is 27.9. The monoisotopic (exact) mass is 739 g/mol. The second-order valence-electron chi connectivity index (χ2n) is 15.4. The summed E-state index contributed by atoms with van der Waals surface area (Å²) in [5, 5.41) is 6.89. The molecule has 0 radical (unpaired) electrons. The minimum absolute atomic E-state index is 0.225. The zero-order valence-corrected chi connectivity index (χ0v) is 31.3. The van der Waals surface area contributed by atoms with E-state index in [9.17, 15) is 0 Å². The van der Waals surface area contributed by atoms with E-state index in [-0.39, 0.29) is 17.1 Å². The molecule has 0 N–H and O–H groups in total. The van der Waals surface area contributed by atoms with E-state index < -0.39 is 5.82 Å². The molecule has 1 aromatic heterocycles. The maximum absolute atomic E-state index is 16.3. The molecule has 3 nitrogen and oxygen atoms in total. The van der Waals surface area contributed by atoms with E-state index >= 15 is 8.78 Å². The molecule has 10 aromatic rings. The normalized spacial score (nSPS) is 13.1. The van der Waals surface area contributed by atoms with Crippen LogP contribution in [0.2, 0.25) is 0 Å². The van der Waals surface area contributed by atoms with Gasteiger partial charge in [0.2, 0.25) is 0 Å². The lowest BCUT2D eigenvalue weighted by Crippen LogP contribution is -2.16. The van der Waals surface area contributed by atoms with E-state index in [4.69, 9.17) is 4.98 Å². The number of nitrogens with zero attached hydrogens (tertiary/aromatic N) is 3. The summed E-state index contributed by atoms with van der Waals surface area (Å²) in [6, 6.07) is 58.0. The van der Waals surface area contributed by atoms with E-state index in [0.29, 0.717) is 11.2 Å². The fourth-order valence-electron chi connectivity index (χ4n) is 9.29. The van der Waals surface area contributed by atoms with E-state index in [0.717, 1.165) is 71.6 Å². The molecular formula is C52H35F2N3. The molecule has 0 amide bonds. The van der Waals surface area contributed by atoms with Crippen LogP contribution in [0.25, 0.3) is 54.3 Å². The Balaban J connectivity index is 1.19. The molecule has 272 valence electrons. The third-order valence-electron chi connectivity index (χ3n) is 11.9. The molecule has 57 heavy (non-hydrogen) atoms. The van der Waals surface area contributed by atoms with Gasteiger partial charge in [0.1, 0.15) is 5.82 Å². The van der Waals surface area contributed by atoms with Gasteiger partial charge in [-0.2, -0.15) is 0 Å². The maximum atomic E-state index is 16.3. The van der Waals surface area contributed by atoms with Crippen molar-refractivity contribution in [3.8, 4) is 11.1 Å². The Bertz CT molecular complexity index is 3210. The van der Waals surface area contributed by atoms with Crippen molar-refractivity contribution in [2.75, 3.05) is 9.80 Å². The van der Waals surface area contributed by atoms with Gasteiger partial charge >= 0.3 is 0 Å². The number of hydrogen-bond acceptors (Lipinski definition) is 3. The number of para-hydroxylation sites is 3. The molecule has 0 aliphatic heterocycles. The largest absolute Gasteiger partial charge is 0.306 e. The molecule has 11 rings (SSSR count). The molecule has 1 heterocycles. The number of benzene rings is 9. The van der Waals surface area contributed by atoms with E-state index in [1.54, 1.807) is 12.1 Å². The van der Waals surface area contributed by atoms with Gasteiger partial charge in [-0.15, -0.1) is 0 Å². The smallest absolute Gasteiger partial charge is 0.174 e. The number of anilines is 6. The summed E-state index contributed by atoms with van der Waals surface area (Å²) in [7, 11) is 0. The van der Waals surface area contributed by atoms with Gasteiger partial charge in [0.25, 0.3) is 0 Å². The van der Waals surface area contributed by atoms with Gasteiger partial charge < -0.3 is 4.90 Å². The van der Waals surface area contributed by atoms with Crippen molar-refractivity contribution in [1.82, 2.24) is 4.98 Å². The van der Waals surface area contributed by atoms with Crippen LogP contribution in [0.4, 0.5) is 43.0 Å². The van der Waals surface area contributed by atoms with Crippen LogP contribution in [-0.2, 0) is 5.41 Å². The summed E-state index contributed by atoms with van der Waals surface area (Å²) in [5.41, 5.74) is 9.06. The molecule has 0 spiro atoms. The van der Waals surface area contributed by atoms with Crippen molar-refractivity contribution in [3.63, 3.8) is 0 Å². The van der Waals surface area contributed by atoms with E-state index in [2.05, 4.69) is 110 Å². The van der Waals surface area contributed by atoms with Crippen LogP contribution in [0, 0.1) is 11.6 Å². The van der Waals surface area contributed by atoms with Crippen LogP contribution >= 0.6 is 0 Å². The van der Waals surface area contributed by atoms with Crippen LogP contribution in [0.1, 0.15) is 25.0 Å². The fraction of sp³-hybridized carbons (Fsp3) is 0.0577. The molecule has 1 aliphatic carbocycles. The quantitative estimate of drug-likeness (QED) is 0.158. The first-order valence-corrected chi connectivity index (χ1v) is 19.3. The van der Waals surface area contributed by atoms with Gasteiger partial charge in [-0.1, -0.05) is 135 Å². The third kappa shape index (κ3) is 4.91. The fourth-order valence-corrected chi connectivity index (χ4v) is 9.29. The van der Waals surface area contributed by atoms with Gasteiger partial charge in [0, 0.05) is 32.8 Å². The SMILES string of the molecule is CC1(C)c2ccccc2-c2c(N(c3ccccc3F)c3ccc4ccc5c(N(c6ccccc6)c6nc7ccccc7cc6F)ccc6ccc3c4c65)cccc21. The summed E-state index contributed by atoms with van der Waals surface area (Å²) in [5.74, 6) is -0.495. The average molecular weight is 740 g/mol. The Morgan fingerprint density at radius 2 is 1.05 bits per heavy atom. The Hall–Kier alpha value is -7.11. The molecule has 0 unspecified atom stereocenters. The minimum Gasteiger partial charge on any atom is -0.306 e. The van der Waals surface area contributed by atoms with Crippen molar-refractivity contribution in [3.05, 3.63) is 199 Å². The second-order valence-corrected chi connectivity index (χ2v) is 15.4. The molecule has 1 aliphatic rings. The van der Waals surface area contributed by atoms with Crippen LogP contribution in [0.5, 0.6) is 0 Å². The van der Waals surface area contributed by atoms with Gasteiger partial charge in [0.05, 0.1) is 28.3 Å². The van der Waals surface area contributed by atoms with Crippen LogP contribution in [0.3, 0.4) is 0 Å². The Kier molecular flexibility index (Phi) is 7.26. The minimum atomic E-state index is -0.411. The molecule has 0 saturated carbocycles. The molecule has 0 atom stereocenters. The highest BCUT2D eigenvalue weighted by molar-refractivity contribution is 6.28. The van der Waals surface area contributed by atoms with Gasteiger partial charge in [-0.3, -0.25) is 4.90 Å². The molecule has 0 bridgehead atoms. The molecule has 0 fully saturated rings. The average Bonchev–Trinajstić information content (AvgIpc) is 3.48. The van der Waals surface area contributed by atoms with Crippen molar-refractivity contribution in [1.29, 1.82) is 0 Å². The van der Waals surface area contributed by atoms with E-state index in [1.807, 2.05) is 71.6 Å². The summed E-state index contributed by atoms with van der Waals surface area (Å²) < 4.78 is 32.6.